The molecular formula is C14H13NO4. The van der Waals surface area contributed by atoms with Crippen molar-refractivity contribution in [3.63, 3.8) is 0 Å². The fraction of sp³-hybridized carbons (Fsp3) is 0.143. The minimum Gasteiger partial charge on any atom is -0.495 e. The van der Waals surface area contributed by atoms with E-state index in [0.29, 0.717) is 17.4 Å². The molecule has 2 rings (SSSR count). The number of carboxylic acids is 1. The van der Waals surface area contributed by atoms with Crippen LogP contribution < -0.4 is 9.47 Å². The van der Waals surface area contributed by atoms with Crippen LogP contribution >= 0.6 is 0 Å². The van der Waals surface area contributed by atoms with Gasteiger partial charge in [-0.25, -0.2) is 9.78 Å². The van der Waals surface area contributed by atoms with Gasteiger partial charge in [-0.05, 0) is 36.8 Å². The molecule has 0 saturated carbocycles. The van der Waals surface area contributed by atoms with Crippen LogP contribution in [0.4, 0.5) is 0 Å². The first kappa shape index (κ1) is 12.9. The maximum absolute atomic E-state index is 10.8. The highest BCUT2D eigenvalue weighted by atomic mass is 16.5. The summed E-state index contributed by atoms with van der Waals surface area (Å²) in [6, 6.07) is 8.09. The van der Waals surface area contributed by atoms with Crippen molar-refractivity contribution >= 4 is 5.97 Å². The molecule has 1 aromatic carbocycles. The molecule has 0 fully saturated rings. The zero-order chi connectivity index (χ0) is 13.8. The van der Waals surface area contributed by atoms with E-state index in [4.69, 9.17) is 14.6 Å². The third-order valence-corrected chi connectivity index (χ3v) is 2.58. The molecule has 5 nitrogen and oxygen atoms in total. The molecule has 0 bridgehead atoms. The quantitative estimate of drug-likeness (QED) is 0.914. The number of hydrogen-bond acceptors (Lipinski definition) is 4. The van der Waals surface area contributed by atoms with Crippen LogP contribution in [0.5, 0.6) is 17.4 Å². The smallest absolute Gasteiger partial charge is 0.335 e. The van der Waals surface area contributed by atoms with Crippen molar-refractivity contribution in [2.45, 2.75) is 6.92 Å². The topological polar surface area (TPSA) is 68.7 Å². The van der Waals surface area contributed by atoms with Gasteiger partial charge in [0.25, 0.3) is 0 Å². The van der Waals surface area contributed by atoms with Crippen molar-refractivity contribution in [1.29, 1.82) is 0 Å². The van der Waals surface area contributed by atoms with Gasteiger partial charge in [-0.15, -0.1) is 0 Å². The van der Waals surface area contributed by atoms with Crippen LogP contribution in [-0.2, 0) is 0 Å². The molecule has 0 aliphatic carbocycles. The first-order valence-electron chi connectivity index (χ1n) is 5.62. The summed E-state index contributed by atoms with van der Waals surface area (Å²) < 4.78 is 10.6. The van der Waals surface area contributed by atoms with Crippen LogP contribution in [0.25, 0.3) is 0 Å². The molecule has 0 unspecified atom stereocenters. The summed E-state index contributed by atoms with van der Waals surface area (Å²) in [6.45, 7) is 1.78. The lowest BCUT2D eigenvalue weighted by Gasteiger charge is -2.08. The van der Waals surface area contributed by atoms with Crippen molar-refractivity contribution in [1.82, 2.24) is 4.98 Å². The van der Waals surface area contributed by atoms with Gasteiger partial charge in [-0.1, -0.05) is 0 Å². The summed E-state index contributed by atoms with van der Waals surface area (Å²) >= 11 is 0. The highest BCUT2D eigenvalue weighted by Gasteiger charge is 2.07. The van der Waals surface area contributed by atoms with Gasteiger partial charge >= 0.3 is 5.97 Å². The van der Waals surface area contributed by atoms with Gasteiger partial charge in [0.2, 0.25) is 5.88 Å². The standard InChI is InChI=1S/C14H13NO4/c1-9-7-10(14(16)17)3-5-12(9)19-13-6-4-11(18-2)8-15-13/h3-8H,1-2H3,(H,16,17). The molecule has 98 valence electrons. The van der Waals surface area contributed by atoms with Gasteiger partial charge < -0.3 is 14.6 Å². The number of hydrogen-bond donors (Lipinski definition) is 1. The summed E-state index contributed by atoms with van der Waals surface area (Å²) in [6.07, 6.45) is 1.55. The maximum atomic E-state index is 10.8. The Balaban J connectivity index is 2.20. The monoisotopic (exact) mass is 259 g/mol. The van der Waals surface area contributed by atoms with Crippen LogP contribution in [0, 0.1) is 6.92 Å². The third-order valence-electron chi connectivity index (χ3n) is 2.58. The lowest BCUT2D eigenvalue weighted by atomic mass is 10.1. The molecule has 2 aromatic rings. The highest BCUT2D eigenvalue weighted by Crippen LogP contribution is 2.25. The molecule has 1 N–H and O–H groups in total. The Labute approximate surface area is 110 Å². The number of ether oxygens (including phenoxy) is 2. The van der Waals surface area contributed by atoms with Gasteiger partial charge in [0.05, 0.1) is 18.9 Å². The summed E-state index contributed by atoms with van der Waals surface area (Å²) in [4.78, 5) is 14.9. The Morgan fingerprint density at radius 1 is 1.26 bits per heavy atom. The maximum Gasteiger partial charge on any atom is 0.335 e. The molecule has 5 heteroatoms. The predicted octanol–water partition coefficient (Wildman–Crippen LogP) is 2.89. The number of methoxy groups -OCH3 is 1. The van der Waals surface area contributed by atoms with E-state index in [1.165, 1.54) is 6.07 Å². The van der Waals surface area contributed by atoms with Gasteiger partial charge in [-0.2, -0.15) is 0 Å². The van der Waals surface area contributed by atoms with Crippen LogP contribution in [0.3, 0.4) is 0 Å². The molecule has 1 aromatic heterocycles. The second-order valence-electron chi connectivity index (χ2n) is 3.92. The number of aromatic nitrogens is 1. The molecule has 0 atom stereocenters. The molecule has 0 amide bonds. The molecule has 19 heavy (non-hydrogen) atoms. The Morgan fingerprint density at radius 3 is 2.58 bits per heavy atom. The molecular weight excluding hydrogens is 246 g/mol. The summed E-state index contributed by atoms with van der Waals surface area (Å²) in [7, 11) is 1.56. The minimum absolute atomic E-state index is 0.229. The Hall–Kier alpha value is -2.56. The number of rotatable bonds is 4. The number of aryl methyl sites for hydroxylation is 1. The third kappa shape index (κ3) is 3.01. The van der Waals surface area contributed by atoms with E-state index in [0.717, 1.165) is 5.56 Å². The van der Waals surface area contributed by atoms with E-state index in [1.54, 1.807) is 44.5 Å². The minimum atomic E-state index is -0.961. The molecule has 0 aliphatic heterocycles. The van der Waals surface area contributed by atoms with E-state index in [9.17, 15) is 4.79 Å². The van der Waals surface area contributed by atoms with Crippen molar-refractivity contribution < 1.29 is 19.4 Å². The number of nitrogens with zero attached hydrogens (tertiary/aromatic N) is 1. The normalized spacial score (nSPS) is 10.0. The lowest BCUT2D eigenvalue weighted by molar-refractivity contribution is 0.0697. The number of benzene rings is 1. The zero-order valence-corrected chi connectivity index (χ0v) is 10.6. The summed E-state index contributed by atoms with van der Waals surface area (Å²) in [5.41, 5.74) is 0.963. The molecule has 0 radical (unpaired) electrons. The predicted molar refractivity (Wildman–Crippen MR) is 69.0 cm³/mol. The van der Waals surface area contributed by atoms with Gasteiger partial charge in [0.1, 0.15) is 11.5 Å². The van der Waals surface area contributed by atoms with Gasteiger partial charge in [-0.3, -0.25) is 0 Å². The number of aromatic carboxylic acids is 1. The summed E-state index contributed by atoms with van der Waals surface area (Å²) in [5.74, 6) is 0.678. The number of pyridine rings is 1. The second kappa shape index (κ2) is 5.39. The number of carbonyl (C=O) groups is 1. The average Bonchev–Trinajstić information content (AvgIpc) is 2.41. The molecule has 0 saturated heterocycles. The van der Waals surface area contributed by atoms with Crippen LogP contribution in [0.2, 0.25) is 0 Å². The largest absolute Gasteiger partial charge is 0.495 e. The first-order valence-corrected chi connectivity index (χ1v) is 5.62. The number of carboxylic acid groups (broad SMARTS) is 1. The van der Waals surface area contributed by atoms with Crippen molar-refractivity contribution in [3.8, 4) is 17.4 Å². The van der Waals surface area contributed by atoms with Crippen molar-refractivity contribution in [3.05, 3.63) is 47.7 Å². The van der Waals surface area contributed by atoms with E-state index in [2.05, 4.69) is 4.98 Å². The fourth-order valence-corrected chi connectivity index (χ4v) is 1.56. The van der Waals surface area contributed by atoms with E-state index >= 15 is 0 Å². The van der Waals surface area contributed by atoms with Crippen LogP contribution in [0.1, 0.15) is 15.9 Å². The molecule has 0 spiro atoms. The SMILES string of the molecule is COc1ccc(Oc2ccc(C(=O)O)cc2C)nc1. The Kier molecular flexibility index (Phi) is 3.66. The average molecular weight is 259 g/mol. The van der Waals surface area contributed by atoms with Crippen molar-refractivity contribution in [2.75, 3.05) is 7.11 Å². The summed E-state index contributed by atoms with van der Waals surface area (Å²) in [5, 5.41) is 8.88. The fourth-order valence-electron chi connectivity index (χ4n) is 1.56. The van der Waals surface area contributed by atoms with E-state index in [-0.39, 0.29) is 5.56 Å². The highest BCUT2D eigenvalue weighted by molar-refractivity contribution is 5.88. The second-order valence-corrected chi connectivity index (χ2v) is 3.92. The van der Waals surface area contributed by atoms with Gasteiger partial charge in [0.15, 0.2) is 0 Å². The Bertz CT molecular complexity index is 593. The van der Waals surface area contributed by atoms with E-state index < -0.39 is 5.97 Å². The van der Waals surface area contributed by atoms with Gasteiger partial charge in [0, 0.05) is 6.07 Å². The molecule has 0 aliphatic rings. The van der Waals surface area contributed by atoms with Crippen molar-refractivity contribution in [2.24, 2.45) is 0 Å². The zero-order valence-electron chi connectivity index (χ0n) is 10.6. The lowest BCUT2D eigenvalue weighted by Crippen LogP contribution is -1.98. The van der Waals surface area contributed by atoms with Crippen LogP contribution in [-0.4, -0.2) is 23.2 Å². The van der Waals surface area contributed by atoms with E-state index in [1.807, 2.05) is 0 Å². The molecule has 1 heterocycles. The Morgan fingerprint density at radius 2 is 2.05 bits per heavy atom. The first-order chi connectivity index (χ1) is 9.10. The van der Waals surface area contributed by atoms with Crippen LogP contribution in [0.15, 0.2) is 36.5 Å².